The van der Waals surface area contributed by atoms with Crippen LogP contribution in [-0.2, 0) is 4.79 Å². The minimum atomic E-state index is -1.19. The second-order valence-corrected chi connectivity index (χ2v) is 3.11. The van der Waals surface area contributed by atoms with Gasteiger partial charge in [-0.1, -0.05) is 12.1 Å². The van der Waals surface area contributed by atoms with E-state index in [1.165, 1.54) is 12.1 Å². The van der Waals surface area contributed by atoms with Crippen LogP contribution < -0.4 is 56.5 Å². The van der Waals surface area contributed by atoms with Crippen molar-refractivity contribution in [1.82, 2.24) is 0 Å². The summed E-state index contributed by atoms with van der Waals surface area (Å²) in [5, 5.41) is 10.0. The van der Waals surface area contributed by atoms with Crippen molar-refractivity contribution in [2.45, 2.75) is 4.90 Å². The second-order valence-electron chi connectivity index (χ2n) is 2.09. The van der Waals surface area contributed by atoms with E-state index < -0.39 is 11.8 Å². The van der Waals surface area contributed by atoms with Gasteiger partial charge in [0, 0.05) is 10.6 Å². The molecule has 0 aliphatic carbocycles. The van der Waals surface area contributed by atoms with Gasteiger partial charge in [-0.2, -0.15) is 0 Å². The van der Waals surface area contributed by atoms with Gasteiger partial charge in [0.2, 0.25) is 0 Å². The van der Waals surface area contributed by atoms with Crippen molar-refractivity contribution in [2.75, 3.05) is 5.75 Å². The van der Waals surface area contributed by atoms with Gasteiger partial charge in [0.15, 0.2) is 0 Å². The van der Waals surface area contributed by atoms with Crippen LogP contribution >= 0.6 is 11.8 Å². The van der Waals surface area contributed by atoms with E-state index in [1.54, 1.807) is 12.1 Å². The van der Waals surface area contributed by atoms with Gasteiger partial charge >= 0.3 is 51.4 Å². The molecule has 0 saturated heterocycles. The van der Waals surface area contributed by atoms with E-state index in [4.69, 9.17) is 0 Å². The molecule has 0 atom stereocenters. The zero-order valence-electron chi connectivity index (χ0n) is 7.12. The topological polar surface area (TPSA) is 40.1 Å². The first kappa shape index (κ1) is 13.6. The molecule has 0 aromatic heterocycles. The monoisotopic (exact) mass is 224 g/mol. The van der Waals surface area contributed by atoms with Crippen LogP contribution in [0.4, 0.5) is 4.39 Å². The zero-order valence-corrected chi connectivity index (χ0v) is 11.1. The van der Waals surface area contributed by atoms with Gasteiger partial charge in [-0.15, -0.1) is 11.8 Å². The maximum absolute atomic E-state index is 12.8. The number of carbonyl (C=O) groups is 1. The molecule has 0 amide bonds. The predicted molar refractivity (Wildman–Crippen MR) is 42.1 cm³/mol. The van der Waals surface area contributed by atoms with Crippen LogP contribution in [0.1, 0.15) is 0 Å². The van der Waals surface area contributed by atoms with Crippen molar-refractivity contribution < 1.29 is 65.7 Å². The molecule has 0 unspecified atom stereocenters. The Hall–Kier alpha value is 0.606. The van der Waals surface area contributed by atoms with E-state index in [2.05, 4.69) is 0 Å². The largest absolute Gasteiger partial charge is 1.00 e. The molecule has 0 saturated carbocycles. The molecule has 0 spiro atoms. The molecule has 13 heavy (non-hydrogen) atoms. The average Bonchev–Trinajstić information content (AvgIpc) is 2.03. The van der Waals surface area contributed by atoms with Crippen molar-refractivity contribution in [1.29, 1.82) is 0 Å². The van der Waals surface area contributed by atoms with Crippen LogP contribution in [0, 0.1) is 5.82 Å². The Kier molecular flexibility index (Phi) is 7.30. The van der Waals surface area contributed by atoms with E-state index in [0.717, 1.165) is 11.8 Å². The Balaban J connectivity index is 0.00000144. The van der Waals surface area contributed by atoms with E-state index in [0.29, 0.717) is 4.90 Å². The van der Waals surface area contributed by atoms with Crippen molar-refractivity contribution in [3.8, 4) is 0 Å². The van der Waals surface area contributed by atoms with Crippen LogP contribution in [-0.4, -0.2) is 11.7 Å². The van der Waals surface area contributed by atoms with Gasteiger partial charge in [-0.25, -0.2) is 4.39 Å². The summed E-state index contributed by atoms with van der Waals surface area (Å²) >= 11 is 0.918. The molecule has 0 fully saturated rings. The zero-order chi connectivity index (χ0) is 8.97. The summed E-state index contributed by atoms with van der Waals surface area (Å²) in [5.41, 5.74) is 0. The van der Waals surface area contributed by atoms with Gasteiger partial charge in [-0.3, -0.25) is 0 Å². The molecule has 0 heterocycles. The molecule has 0 bridgehead atoms. The number of hydrogen-bond acceptors (Lipinski definition) is 3. The van der Waals surface area contributed by atoms with Crippen LogP contribution in [0.15, 0.2) is 29.2 Å². The normalized spacial score (nSPS) is 9.00. The summed E-state index contributed by atoms with van der Waals surface area (Å²) in [7, 11) is 0. The summed E-state index contributed by atoms with van der Waals surface area (Å²) in [4.78, 5) is 10.4. The first-order valence-electron chi connectivity index (χ1n) is 3.27. The van der Waals surface area contributed by atoms with E-state index >= 15 is 0 Å². The Morgan fingerprint density at radius 1 is 1.46 bits per heavy atom. The van der Waals surface area contributed by atoms with Crippen molar-refractivity contribution in [2.24, 2.45) is 0 Å². The smallest absolute Gasteiger partial charge is 0.549 e. The minimum Gasteiger partial charge on any atom is -0.549 e. The number of benzene rings is 1. The Morgan fingerprint density at radius 2 is 2.08 bits per heavy atom. The summed E-state index contributed by atoms with van der Waals surface area (Å²) in [6.07, 6.45) is 0. The van der Waals surface area contributed by atoms with E-state index in [9.17, 15) is 14.3 Å². The van der Waals surface area contributed by atoms with Gasteiger partial charge in [-0.05, 0) is 12.1 Å². The third kappa shape index (κ3) is 5.14. The number of carbonyl (C=O) groups excluding carboxylic acids is 1. The first-order valence-corrected chi connectivity index (χ1v) is 4.26. The van der Waals surface area contributed by atoms with Crippen LogP contribution in [0.2, 0.25) is 0 Å². The molecule has 2 nitrogen and oxygen atoms in total. The average molecular weight is 224 g/mol. The number of hydrogen-bond donors (Lipinski definition) is 0. The van der Waals surface area contributed by atoms with Crippen LogP contribution in [0.3, 0.4) is 0 Å². The number of aliphatic carboxylic acids is 1. The Bertz CT molecular complexity index is 293. The molecule has 1 aromatic rings. The maximum atomic E-state index is 12.8. The fourth-order valence-electron chi connectivity index (χ4n) is 0.698. The second kappa shape index (κ2) is 6.97. The fourth-order valence-corrected chi connectivity index (χ4v) is 1.35. The number of carboxylic acids is 1. The first-order chi connectivity index (χ1) is 5.70. The third-order valence-electron chi connectivity index (χ3n) is 1.18. The molecular weight excluding hydrogens is 218 g/mol. The van der Waals surface area contributed by atoms with Gasteiger partial charge in [0.05, 0.1) is 5.97 Å². The van der Waals surface area contributed by atoms with Gasteiger partial charge < -0.3 is 9.90 Å². The molecule has 0 aliphatic heterocycles. The molecule has 5 heteroatoms. The molecule has 0 radical (unpaired) electrons. The summed E-state index contributed by atoms with van der Waals surface area (Å²) in [6, 6.07) is 6.03. The fraction of sp³-hybridized carbons (Fsp3) is 0.125. The molecule has 0 N–H and O–H groups in total. The Labute approximate surface area is 122 Å². The van der Waals surface area contributed by atoms with E-state index in [-0.39, 0.29) is 57.1 Å². The molecule has 1 aromatic carbocycles. The van der Waals surface area contributed by atoms with Crippen LogP contribution in [0.25, 0.3) is 0 Å². The van der Waals surface area contributed by atoms with Crippen molar-refractivity contribution in [3.63, 3.8) is 0 Å². The standard InChI is InChI=1S/C8H7FO2S.K/c9-6-3-1-2-4-7(6)12-5-8(10)11;/h1-4H,5H2,(H,10,11);/q;+1/p-1. The molecule has 1 rings (SSSR count). The summed E-state index contributed by atoms with van der Waals surface area (Å²) in [6.45, 7) is 0. The van der Waals surface area contributed by atoms with Gasteiger partial charge in [0.25, 0.3) is 0 Å². The van der Waals surface area contributed by atoms with E-state index in [1.807, 2.05) is 0 Å². The van der Waals surface area contributed by atoms with Crippen LogP contribution in [0.5, 0.6) is 0 Å². The number of rotatable bonds is 3. The number of halogens is 1. The number of thioether (sulfide) groups is 1. The maximum Gasteiger partial charge on any atom is 1.00 e. The predicted octanol–water partition coefficient (Wildman–Crippen LogP) is -2.33. The molecule has 64 valence electrons. The van der Waals surface area contributed by atoms with Crippen molar-refractivity contribution in [3.05, 3.63) is 30.1 Å². The minimum absolute atomic E-state index is 0. The molecular formula is C8H6FKO2S. The SMILES string of the molecule is O=C([O-])CSc1ccccc1F.[K+]. The third-order valence-corrected chi connectivity index (χ3v) is 2.20. The molecule has 0 aliphatic rings. The number of carboxylic acid groups (broad SMARTS) is 1. The summed E-state index contributed by atoms with van der Waals surface area (Å²) < 4.78 is 12.8. The summed E-state index contributed by atoms with van der Waals surface area (Å²) in [5.74, 6) is -1.81. The van der Waals surface area contributed by atoms with Crippen molar-refractivity contribution >= 4 is 17.7 Å². The Morgan fingerprint density at radius 3 is 2.62 bits per heavy atom. The van der Waals surface area contributed by atoms with Gasteiger partial charge in [0.1, 0.15) is 5.82 Å². The quantitative estimate of drug-likeness (QED) is 0.427.